The second-order valence-electron chi connectivity index (χ2n) is 5.04. The van der Waals surface area contributed by atoms with Gasteiger partial charge in [0.25, 0.3) is 0 Å². The molecule has 1 fully saturated rings. The molecule has 0 bridgehead atoms. The molecule has 1 saturated heterocycles. The largest absolute Gasteiger partial charge is 0.396 e. The molecule has 1 aromatic rings. The lowest BCUT2D eigenvalue weighted by atomic mass is 10.2. The van der Waals surface area contributed by atoms with Gasteiger partial charge in [0.05, 0.1) is 18.0 Å². The Bertz CT molecular complexity index is 529. The molecule has 1 aliphatic heterocycles. The van der Waals surface area contributed by atoms with E-state index in [0.717, 1.165) is 15.9 Å². The monoisotopic (exact) mass is 327 g/mol. The summed E-state index contributed by atoms with van der Waals surface area (Å²) in [5, 5.41) is 0. The Morgan fingerprint density at radius 2 is 2.26 bits per heavy atom. The maximum atomic E-state index is 5.92. The summed E-state index contributed by atoms with van der Waals surface area (Å²) < 4.78 is 12.1. The van der Waals surface area contributed by atoms with Crippen molar-refractivity contribution in [2.24, 2.45) is 4.99 Å². The molecule has 2 N–H and O–H groups in total. The Kier molecular flexibility index (Phi) is 3.94. The van der Waals surface area contributed by atoms with E-state index in [9.17, 15) is 0 Å². The molecule has 19 heavy (non-hydrogen) atoms. The topological polar surface area (TPSA) is 69.7 Å². The molecule has 1 unspecified atom stereocenters. The van der Waals surface area contributed by atoms with E-state index < -0.39 is 5.79 Å². The fourth-order valence-electron chi connectivity index (χ4n) is 1.80. The Labute approximate surface area is 121 Å². The summed E-state index contributed by atoms with van der Waals surface area (Å²) in [6.07, 6.45) is -0.153. The number of aliphatic imine (C=N–C) groups is 1. The molecule has 2 rings (SSSR count). The van der Waals surface area contributed by atoms with Gasteiger partial charge < -0.3 is 15.2 Å². The lowest BCUT2D eigenvalue weighted by molar-refractivity contribution is -0.131. The number of nitrogens with two attached hydrogens (primary N) is 1. The minimum absolute atomic E-state index is 0.153. The third kappa shape index (κ3) is 3.32. The summed E-state index contributed by atoms with van der Waals surface area (Å²) in [5.74, 6) is -0.0396. The highest BCUT2D eigenvalue weighted by atomic mass is 79.9. The summed E-state index contributed by atoms with van der Waals surface area (Å²) in [7, 11) is 0. The van der Waals surface area contributed by atoms with Crippen molar-refractivity contribution >= 4 is 33.1 Å². The highest BCUT2D eigenvalue weighted by molar-refractivity contribution is 9.10. The SMILES string of the molecule is CC(=Nc1nc(C)c(Br)cc1N)C1COC(C)(C)O1. The molecule has 0 amide bonds. The molecular weight excluding hydrogens is 310 g/mol. The highest BCUT2D eigenvalue weighted by Gasteiger charge is 2.34. The third-order valence-electron chi connectivity index (χ3n) is 2.92. The van der Waals surface area contributed by atoms with Crippen molar-refractivity contribution in [2.45, 2.75) is 39.6 Å². The molecule has 6 heteroatoms. The molecule has 0 aromatic carbocycles. The maximum absolute atomic E-state index is 5.92. The Morgan fingerprint density at radius 3 is 2.84 bits per heavy atom. The van der Waals surface area contributed by atoms with Crippen molar-refractivity contribution in [1.29, 1.82) is 0 Å². The number of ether oxygens (including phenoxy) is 2. The van der Waals surface area contributed by atoms with Crippen LogP contribution in [-0.4, -0.2) is 29.2 Å². The van der Waals surface area contributed by atoms with Crippen LogP contribution in [0.1, 0.15) is 26.5 Å². The van der Waals surface area contributed by atoms with E-state index in [2.05, 4.69) is 25.9 Å². The molecule has 0 aliphatic carbocycles. The van der Waals surface area contributed by atoms with Gasteiger partial charge in [0.15, 0.2) is 11.6 Å². The molecule has 2 heterocycles. The third-order valence-corrected chi connectivity index (χ3v) is 3.72. The van der Waals surface area contributed by atoms with E-state index in [0.29, 0.717) is 18.1 Å². The normalized spacial score (nSPS) is 22.8. The van der Waals surface area contributed by atoms with Crippen LogP contribution in [0.5, 0.6) is 0 Å². The molecule has 1 aliphatic rings. The number of aromatic nitrogens is 1. The number of nitrogen functional groups attached to an aromatic ring is 1. The van der Waals surface area contributed by atoms with Gasteiger partial charge in [-0.05, 0) is 49.7 Å². The zero-order valence-corrected chi connectivity index (χ0v) is 13.1. The molecule has 0 radical (unpaired) electrons. The smallest absolute Gasteiger partial charge is 0.175 e. The lowest BCUT2D eigenvalue weighted by Gasteiger charge is -2.17. The summed E-state index contributed by atoms with van der Waals surface area (Å²) in [5.41, 5.74) is 8.12. The van der Waals surface area contributed by atoms with Crippen LogP contribution < -0.4 is 5.73 Å². The first kappa shape index (κ1) is 14.4. The zero-order valence-electron chi connectivity index (χ0n) is 11.5. The molecule has 5 nitrogen and oxygen atoms in total. The number of pyridine rings is 1. The predicted octanol–water partition coefficient (Wildman–Crippen LogP) is 2.98. The van der Waals surface area contributed by atoms with Crippen molar-refractivity contribution in [2.75, 3.05) is 12.3 Å². The van der Waals surface area contributed by atoms with Crippen molar-refractivity contribution in [3.63, 3.8) is 0 Å². The fraction of sp³-hybridized carbons (Fsp3) is 0.538. The standard InChI is InChI=1S/C13H18BrN3O2/c1-7-9(14)5-10(15)12(16-7)17-8(2)11-6-18-13(3,4)19-11/h5,11H,6,15H2,1-4H3. The number of halogens is 1. The van der Waals surface area contributed by atoms with E-state index in [-0.39, 0.29) is 6.10 Å². The first-order chi connectivity index (χ1) is 8.78. The minimum atomic E-state index is -0.559. The quantitative estimate of drug-likeness (QED) is 0.848. The maximum Gasteiger partial charge on any atom is 0.175 e. The van der Waals surface area contributed by atoms with Gasteiger partial charge in [-0.25, -0.2) is 9.98 Å². The van der Waals surface area contributed by atoms with E-state index >= 15 is 0 Å². The van der Waals surface area contributed by atoms with Crippen LogP contribution in [0.15, 0.2) is 15.5 Å². The lowest BCUT2D eigenvalue weighted by Crippen LogP contribution is -2.25. The van der Waals surface area contributed by atoms with Crippen LogP contribution in [0.2, 0.25) is 0 Å². The van der Waals surface area contributed by atoms with Crippen LogP contribution in [0.25, 0.3) is 0 Å². The summed E-state index contributed by atoms with van der Waals surface area (Å²) in [6, 6.07) is 1.81. The van der Waals surface area contributed by atoms with Gasteiger partial charge >= 0.3 is 0 Å². The Hall–Kier alpha value is -0.980. The van der Waals surface area contributed by atoms with Crippen molar-refractivity contribution < 1.29 is 9.47 Å². The fourth-order valence-corrected chi connectivity index (χ4v) is 2.14. The number of hydrogen-bond donors (Lipinski definition) is 1. The van der Waals surface area contributed by atoms with E-state index in [1.807, 2.05) is 33.8 Å². The average molecular weight is 328 g/mol. The first-order valence-electron chi connectivity index (χ1n) is 6.08. The average Bonchev–Trinajstić information content (AvgIpc) is 2.66. The molecular formula is C13H18BrN3O2. The van der Waals surface area contributed by atoms with Gasteiger partial charge in [0.1, 0.15) is 6.10 Å². The number of anilines is 1. The van der Waals surface area contributed by atoms with Gasteiger partial charge in [-0.1, -0.05) is 0 Å². The van der Waals surface area contributed by atoms with Crippen molar-refractivity contribution in [3.05, 3.63) is 16.2 Å². The Balaban J connectivity index is 2.24. The second-order valence-corrected chi connectivity index (χ2v) is 5.89. The van der Waals surface area contributed by atoms with Crippen LogP contribution in [0.4, 0.5) is 11.5 Å². The van der Waals surface area contributed by atoms with Gasteiger partial charge in [-0.2, -0.15) is 0 Å². The first-order valence-corrected chi connectivity index (χ1v) is 6.87. The minimum Gasteiger partial charge on any atom is -0.396 e. The highest BCUT2D eigenvalue weighted by Crippen LogP contribution is 2.28. The van der Waals surface area contributed by atoms with Gasteiger partial charge in [0, 0.05) is 10.2 Å². The van der Waals surface area contributed by atoms with Crippen LogP contribution in [-0.2, 0) is 9.47 Å². The molecule has 1 atom stereocenters. The summed E-state index contributed by atoms with van der Waals surface area (Å²) in [4.78, 5) is 8.83. The van der Waals surface area contributed by atoms with E-state index in [1.165, 1.54) is 0 Å². The van der Waals surface area contributed by atoms with Crippen LogP contribution >= 0.6 is 15.9 Å². The zero-order chi connectivity index (χ0) is 14.2. The molecule has 104 valence electrons. The second kappa shape index (κ2) is 5.19. The molecule has 0 spiro atoms. The Morgan fingerprint density at radius 1 is 1.58 bits per heavy atom. The number of rotatable bonds is 2. The van der Waals surface area contributed by atoms with E-state index in [1.54, 1.807) is 0 Å². The number of hydrogen-bond acceptors (Lipinski definition) is 5. The van der Waals surface area contributed by atoms with Crippen LogP contribution in [0, 0.1) is 6.92 Å². The van der Waals surface area contributed by atoms with Crippen molar-refractivity contribution in [3.8, 4) is 0 Å². The molecule has 0 saturated carbocycles. The van der Waals surface area contributed by atoms with Gasteiger partial charge in [-0.15, -0.1) is 0 Å². The van der Waals surface area contributed by atoms with Gasteiger partial charge in [-0.3, -0.25) is 0 Å². The molecule has 1 aromatic heterocycles. The number of aryl methyl sites for hydroxylation is 1. The van der Waals surface area contributed by atoms with Crippen LogP contribution in [0.3, 0.4) is 0 Å². The number of nitrogens with zero attached hydrogens (tertiary/aromatic N) is 2. The summed E-state index contributed by atoms with van der Waals surface area (Å²) in [6.45, 7) is 8.06. The predicted molar refractivity (Wildman–Crippen MR) is 78.8 cm³/mol. The van der Waals surface area contributed by atoms with Gasteiger partial charge in [0.2, 0.25) is 0 Å². The summed E-state index contributed by atoms with van der Waals surface area (Å²) >= 11 is 3.39. The van der Waals surface area contributed by atoms with E-state index in [4.69, 9.17) is 15.2 Å². The van der Waals surface area contributed by atoms with Crippen molar-refractivity contribution in [1.82, 2.24) is 4.98 Å².